The minimum Gasteiger partial charge on any atom is -0.467 e. The number of nitrogens with zero attached hydrogens (tertiary/aromatic N) is 2. The molecule has 0 aliphatic heterocycles. The average Bonchev–Trinajstić information content (AvgIpc) is 3.16. The number of fused-ring (bicyclic) bond motifs is 1. The Morgan fingerprint density at radius 2 is 1.82 bits per heavy atom. The molecule has 0 saturated carbocycles. The van der Waals surface area contributed by atoms with Crippen LogP contribution in [0, 0.1) is 3.57 Å². The number of rotatable bonds is 11. The minimum absolute atomic E-state index is 0.240. The van der Waals surface area contributed by atoms with Crippen molar-refractivity contribution in [2.45, 2.75) is 71.3 Å². The third kappa shape index (κ3) is 9.50. The first kappa shape index (κ1) is 30.9. The molecule has 0 aliphatic carbocycles. The number of carbonyl (C=O) groups excluding carboxylic acids is 2. The molecule has 11 heteroatoms. The van der Waals surface area contributed by atoms with Crippen molar-refractivity contribution in [2.75, 3.05) is 13.7 Å². The van der Waals surface area contributed by atoms with Crippen LogP contribution in [0.3, 0.4) is 0 Å². The number of amides is 1. The maximum Gasteiger partial charge on any atom is 0.408 e. The van der Waals surface area contributed by atoms with Crippen molar-refractivity contribution < 1.29 is 28.5 Å². The van der Waals surface area contributed by atoms with Crippen molar-refractivity contribution in [3.8, 4) is 11.5 Å². The van der Waals surface area contributed by atoms with Crippen LogP contribution in [0.25, 0.3) is 11.0 Å². The van der Waals surface area contributed by atoms with Gasteiger partial charge >= 0.3 is 12.1 Å². The van der Waals surface area contributed by atoms with E-state index in [1.165, 1.54) is 7.11 Å². The molecule has 212 valence electrons. The molecule has 0 unspecified atom stereocenters. The first-order chi connectivity index (χ1) is 18.3. The number of aromatic nitrogens is 2. The fourth-order valence-corrected chi connectivity index (χ4v) is 5.30. The number of carbonyl (C=O) groups is 2. The first-order valence-electron chi connectivity index (χ1n) is 12.8. The van der Waals surface area contributed by atoms with E-state index < -0.39 is 31.8 Å². The van der Waals surface area contributed by atoms with Gasteiger partial charge in [0.2, 0.25) is 0 Å². The number of alkyl carbamates (subject to hydrolysis) is 1. The quantitative estimate of drug-likeness (QED) is 0.110. The number of nitrogens with one attached hydrogen (secondary N) is 1. The summed E-state index contributed by atoms with van der Waals surface area (Å²) in [5.41, 5.74) is 0.947. The number of halogens is 1. The van der Waals surface area contributed by atoms with Crippen molar-refractivity contribution in [3.63, 3.8) is 0 Å². The molecule has 39 heavy (non-hydrogen) atoms. The largest absolute Gasteiger partial charge is 0.467 e. The Morgan fingerprint density at radius 1 is 1.13 bits per heavy atom. The monoisotopic (exact) mass is 667 g/mol. The van der Waals surface area contributed by atoms with Crippen LogP contribution in [0.15, 0.2) is 42.7 Å². The van der Waals surface area contributed by atoms with Crippen molar-refractivity contribution in [1.82, 2.24) is 14.9 Å². The van der Waals surface area contributed by atoms with Gasteiger partial charge in [-0.15, -0.1) is 0 Å². The number of ether oxygens (including phenoxy) is 4. The molecule has 1 aromatic carbocycles. The number of hydrogen-bond acceptors (Lipinski definition) is 7. The fourth-order valence-electron chi connectivity index (χ4n) is 3.70. The van der Waals surface area contributed by atoms with Crippen LogP contribution in [0.2, 0.25) is 25.7 Å². The van der Waals surface area contributed by atoms with Crippen molar-refractivity contribution in [2.24, 2.45) is 0 Å². The highest BCUT2D eigenvalue weighted by molar-refractivity contribution is 14.1. The molecule has 9 nitrogen and oxygen atoms in total. The molecule has 0 spiro atoms. The van der Waals surface area contributed by atoms with Gasteiger partial charge in [-0.1, -0.05) is 31.8 Å². The summed E-state index contributed by atoms with van der Waals surface area (Å²) in [6, 6.07) is 9.42. The van der Waals surface area contributed by atoms with Gasteiger partial charge in [-0.05, 0) is 73.2 Å². The molecule has 2 heterocycles. The lowest BCUT2D eigenvalue weighted by atomic mass is 10.1. The number of methoxy groups -OCH3 is 1. The van der Waals surface area contributed by atoms with E-state index in [1.807, 2.05) is 41.1 Å². The Morgan fingerprint density at radius 3 is 2.44 bits per heavy atom. The molecule has 1 atom stereocenters. The Kier molecular flexibility index (Phi) is 10.4. The molecule has 1 amide bonds. The van der Waals surface area contributed by atoms with Gasteiger partial charge < -0.3 is 28.8 Å². The zero-order valence-electron chi connectivity index (χ0n) is 23.7. The van der Waals surface area contributed by atoms with Gasteiger partial charge in [0.15, 0.2) is 0 Å². The van der Waals surface area contributed by atoms with Crippen molar-refractivity contribution >= 4 is 53.8 Å². The fraction of sp³-hybridized carbons (Fsp3) is 0.464. The maximum atomic E-state index is 12.3. The van der Waals surface area contributed by atoms with Gasteiger partial charge in [0.1, 0.15) is 35.5 Å². The third-order valence-electron chi connectivity index (χ3n) is 5.67. The summed E-state index contributed by atoms with van der Waals surface area (Å²) in [5, 5.41) is 3.52. The number of hydrogen-bond donors (Lipinski definition) is 1. The standard InChI is InChI=1S/C28H38IN3O6Si/c1-28(2,3)38-27(34)31-22(26(33)35-4)16-19-8-10-20(11-9-19)37-23-12-13-30-25-24(23)21(29)17-32(25)18-36-14-15-39(5,6)7/h8-13,17,22H,14-16,18H2,1-7H3,(H,31,34)/t22-/m0/s1. The van der Waals surface area contributed by atoms with Gasteiger partial charge in [0, 0.05) is 37.1 Å². The van der Waals surface area contributed by atoms with Crippen LogP contribution in [0.5, 0.6) is 11.5 Å². The first-order valence-corrected chi connectivity index (χ1v) is 17.6. The summed E-state index contributed by atoms with van der Waals surface area (Å²) in [4.78, 5) is 29.1. The summed E-state index contributed by atoms with van der Waals surface area (Å²) < 4.78 is 25.3. The summed E-state index contributed by atoms with van der Waals surface area (Å²) in [5.74, 6) is 0.775. The van der Waals surface area contributed by atoms with Crippen LogP contribution in [0.1, 0.15) is 26.3 Å². The highest BCUT2D eigenvalue weighted by Crippen LogP contribution is 2.33. The van der Waals surface area contributed by atoms with E-state index >= 15 is 0 Å². The van der Waals surface area contributed by atoms with E-state index in [-0.39, 0.29) is 6.42 Å². The minimum atomic E-state index is -1.15. The summed E-state index contributed by atoms with van der Waals surface area (Å²) in [7, 11) is 0.133. The van der Waals surface area contributed by atoms with E-state index in [4.69, 9.17) is 18.9 Å². The highest BCUT2D eigenvalue weighted by Gasteiger charge is 2.25. The normalized spacial score (nSPS) is 12.7. The van der Waals surface area contributed by atoms with E-state index in [2.05, 4.69) is 52.5 Å². The van der Waals surface area contributed by atoms with Crippen LogP contribution in [-0.4, -0.2) is 55.0 Å². The van der Waals surface area contributed by atoms with E-state index in [1.54, 1.807) is 27.0 Å². The molecule has 0 fully saturated rings. The van der Waals surface area contributed by atoms with Crippen molar-refractivity contribution in [3.05, 3.63) is 51.9 Å². The van der Waals surface area contributed by atoms with Crippen LogP contribution >= 0.6 is 22.6 Å². The van der Waals surface area contributed by atoms with Gasteiger partial charge in [0.05, 0.1) is 12.5 Å². The van der Waals surface area contributed by atoms with Crippen LogP contribution < -0.4 is 10.1 Å². The Bertz CT molecular complexity index is 1280. The number of benzene rings is 1. The lowest BCUT2D eigenvalue weighted by Crippen LogP contribution is -2.45. The molecular formula is C28H38IN3O6Si. The highest BCUT2D eigenvalue weighted by atomic mass is 127. The molecule has 3 aromatic rings. The SMILES string of the molecule is COC(=O)[C@H](Cc1ccc(Oc2ccnc3c2c(I)cn3COCC[Si](C)(C)C)cc1)NC(=O)OC(C)(C)C. The molecule has 0 saturated heterocycles. The van der Waals surface area contributed by atoms with Gasteiger partial charge in [-0.3, -0.25) is 0 Å². The molecule has 2 aromatic heterocycles. The van der Waals surface area contributed by atoms with E-state index in [0.717, 1.165) is 32.8 Å². The Balaban J connectivity index is 1.70. The van der Waals surface area contributed by atoms with Crippen LogP contribution in [-0.2, 0) is 32.2 Å². The predicted octanol–water partition coefficient (Wildman–Crippen LogP) is 6.35. The zero-order chi connectivity index (χ0) is 28.8. The summed E-state index contributed by atoms with van der Waals surface area (Å²) in [6.45, 7) is 13.4. The second-order valence-electron chi connectivity index (χ2n) is 11.5. The zero-order valence-corrected chi connectivity index (χ0v) is 26.8. The molecule has 3 rings (SSSR count). The molecule has 0 aliphatic rings. The van der Waals surface area contributed by atoms with E-state index in [0.29, 0.717) is 18.2 Å². The third-order valence-corrected chi connectivity index (χ3v) is 8.19. The second-order valence-corrected chi connectivity index (χ2v) is 18.3. The molecule has 0 radical (unpaired) electrons. The number of pyridine rings is 1. The topological polar surface area (TPSA) is 101 Å². The molecular weight excluding hydrogens is 629 g/mol. The Labute approximate surface area is 244 Å². The van der Waals surface area contributed by atoms with Gasteiger partial charge in [-0.2, -0.15) is 0 Å². The summed E-state index contributed by atoms with van der Waals surface area (Å²) in [6.07, 6.45) is 3.31. The smallest absolute Gasteiger partial charge is 0.408 e. The maximum absolute atomic E-state index is 12.3. The van der Waals surface area contributed by atoms with E-state index in [9.17, 15) is 9.59 Å². The molecule has 0 bridgehead atoms. The van der Waals surface area contributed by atoms with Gasteiger partial charge in [-0.25, -0.2) is 14.6 Å². The summed E-state index contributed by atoms with van der Waals surface area (Å²) >= 11 is 2.29. The molecule has 1 N–H and O–H groups in total. The Hall–Kier alpha value is -2.64. The average molecular weight is 668 g/mol. The predicted molar refractivity (Wildman–Crippen MR) is 162 cm³/mol. The second kappa shape index (κ2) is 13.1. The lowest BCUT2D eigenvalue weighted by molar-refractivity contribution is -0.143. The van der Waals surface area contributed by atoms with Crippen LogP contribution in [0.4, 0.5) is 4.79 Å². The lowest BCUT2D eigenvalue weighted by Gasteiger charge is -2.22. The van der Waals surface area contributed by atoms with Gasteiger partial charge in [0.25, 0.3) is 0 Å². The van der Waals surface area contributed by atoms with Crippen molar-refractivity contribution in [1.29, 1.82) is 0 Å². The number of esters is 1.